The summed E-state index contributed by atoms with van der Waals surface area (Å²) in [5.74, 6) is 0. The summed E-state index contributed by atoms with van der Waals surface area (Å²) < 4.78 is 0. The van der Waals surface area contributed by atoms with Gasteiger partial charge in [-0.25, -0.2) is 0 Å². The molecule has 0 spiro atoms. The summed E-state index contributed by atoms with van der Waals surface area (Å²) in [7, 11) is 2.23. The molecule has 0 saturated carbocycles. The van der Waals surface area contributed by atoms with Crippen molar-refractivity contribution in [2.45, 2.75) is 59.0 Å². The zero-order valence-corrected chi connectivity index (χ0v) is 14.2. The molecule has 1 unspecified atom stereocenters. The molecule has 1 aromatic carbocycles. The predicted molar refractivity (Wildman–Crippen MR) is 89.2 cm³/mol. The van der Waals surface area contributed by atoms with Crippen molar-refractivity contribution >= 4 is 0 Å². The fourth-order valence-corrected chi connectivity index (χ4v) is 2.20. The standard InChI is InChI=1S/C18H32N2/c1-7-13-19-17(14-20(6)18(4,5)8-2)16-11-9-15(3)10-12-16/h9-12,17,19H,7-8,13-14H2,1-6H3. The van der Waals surface area contributed by atoms with E-state index in [4.69, 9.17) is 0 Å². The normalized spacial score (nSPS) is 13.8. The number of nitrogens with one attached hydrogen (secondary N) is 1. The first-order valence-electron chi connectivity index (χ1n) is 7.92. The SMILES string of the molecule is CCCNC(CN(C)C(C)(C)CC)c1ccc(C)cc1. The summed E-state index contributed by atoms with van der Waals surface area (Å²) in [6.45, 7) is 13.4. The van der Waals surface area contributed by atoms with Gasteiger partial charge in [-0.2, -0.15) is 0 Å². The third-order valence-corrected chi connectivity index (χ3v) is 4.48. The van der Waals surface area contributed by atoms with Crippen LogP contribution < -0.4 is 5.32 Å². The second-order valence-electron chi connectivity index (χ2n) is 6.46. The van der Waals surface area contributed by atoms with Crippen LogP contribution in [0.2, 0.25) is 0 Å². The van der Waals surface area contributed by atoms with Crippen molar-refractivity contribution in [3.05, 3.63) is 35.4 Å². The molecule has 0 heterocycles. The molecule has 1 aromatic rings. The van der Waals surface area contributed by atoms with Gasteiger partial charge in [-0.1, -0.05) is 43.7 Å². The fraction of sp³-hybridized carbons (Fsp3) is 0.667. The maximum atomic E-state index is 3.69. The predicted octanol–water partition coefficient (Wildman–Crippen LogP) is 4.16. The largest absolute Gasteiger partial charge is 0.309 e. The average molecular weight is 276 g/mol. The molecule has 0 aliphatic heterocycles. The van der Waals surface area contributed by atoms with Gasteiger partial charge in [-0.05, 0) is 52.8 Å². The Morgan fingerprint density at radius 2 is 1.75 bits per heavy atom. The molecule has 0 amide bonds. The number of benzene rings is 1. The first kappa shape index (κ1) is 17.2. The molecule has 0 fully saturated rings. The van der Waals surface area contributed by atoms with Gasteiger partial charge in [0.1, 0.15) is 0 Å². The molecule has 2 nitrogen and oxygen atoms in total. The van der Waals surface area contributed by atoms with Crippen molar-refractivity contribution in [2.24, 2.45) is 0 Å². The maximum Gasteiger partial charge on any atom is 0.0449 e. The highest BCUT2D eigenvalue weighted by Gasteiger charge is 2.24. The molecule has 0 aliphatic rings. The number of nitrogens with zero attached hydrogens (tertiary/aromatic N) is 1. The molecule has 0 bridgehead atoms. The third kappa shape index (κ3) is 4.92. The van der Waals surface area contributed by atoms with E-state index in [9.17, 15) is 0 Å². The number of hydrogen-bond donors (Lipinski definition) is 1. The highest BCUT2D eigenvalue weighted by molar-refractivity contribution is 5.24. The molecule has 0 aromatic heterocycles. The lowest BCUT2D eigenvalue weighted by molar-refractivity contribution is 0.135. The highest BCUT2D eigenvalue weighted by atomic mass is 15.2. The van der Waals surface area contributed by atoms with Crippen molar-refractivity contribution in [3.63, 3.8) is 0 Å². The minimum absolute atomic E-state index is 0.247. The fourth-order valence-electron chi connectivity index (χ4n) is 2.20. The smallest absolute Gasteiger partial charge is 0.0449 e. The van der Waals surface area contributed by atoms with Crippen LogP contribution in [-0.2, 0) is 0 Å². The third-order valence-electron chi connectivity index (χ3n) is 4.48. The Morgan fingerprint density at radius 1 is 1.15 bits per heavy atom. The van der Waals surface area contributed by atoms with Crippen LogP contribution in [0.3, 0.4) is 0 Å². The minimum Gasteiger partial charge on any atom is -0.309 e. The van der Waals surface area contributed by atoms with Crippen LogP contribution >= 0.6 is 0 Å². The van der Waals surface area contributed by atoms with Crippen LogP contribution in [0.1, 0.15) is 57.7 Å². The summed E-state index contributed by atoms with van der Waals surface area (Å²) in [4.78, 5) is 2.47. The van der Waals surface area contributed by atoms with E-state index >= 15 is 0 Å². The van der Waals surface area contributed by atoms with Gasteiger partial charge in [-0.3, -0.25) is 4.90 Å². The topological polar surface area (TPSA) is 15.3 Å². The van der Waals surface area contributed by atoms with E-state index in [2.05, 4.69) is 76.1 Å². The Hall–Kier alpha value is -0.860. The molecule has 0 saturated heterocycles. The number of likely N-dealkylation sites (N-methyl/N-ethyl adjacent to an activating group) is 1. The summed E-state index contributed by atoms with van der Waals surface area (Å²) in [6, 6.07) is 9.35. The van der Waals surface area contributed by atoms with Gasteiger partial charge in [0.15, 0.2) is 0 Å². The lowest BCUT2D eigenvalue weighted by Crippen LogP contribution is -2.45. The van der Waals surface area contributed by atoms with Crippen molar-refractivity contribution in [1.29, 1.82) is 0 Å². The van der Waals surface area contributed by atoms with Crippen molar-refractivity contribution in [3.8, 4) is 0 Å². The van der Waals surface area contributed by atoms with Gasteiger partial charge in [0, 0.05) is 18.1 Å². The summed E-state index contributed by atoms with van der Waals surface area (Å²) >= 11 is 0. The van der Waals surface area contributed by atoms with Gasteiger partial charge in [0.2, 0.25) is 0 Å². The minimum atomic E-state index is 0.247. The zero-order valence-electron chi connectivity index (χ0n) is 14.2. The lowest BCUT2D eigenvalue weighted by Gasteiger charge is -2.37. The lowest BCUT2D eigenvalue weighted by atomic mass is 9.97. The number of rotatable bonds is 8. The Labute approximate surface area is 125 Å². The first-order chi connectivity index (χ1) is 9.40. The highest BCUT2D eigenvalue weighted by Crippen LogP contribution is 2.21. The molecule has 20 heavy (non-hydrogen) atoms. The molecule has 0 radical (unpaired) electrons. The van der Waals surface area contributed by atoms with Crippen molar-refractivity contribution in [2.75, 3.05) is 20.1 Å². The van der Waals surface area contributed by atoms with Crippen LogP contribution in [0.4, 0.5) is 0 Å². The Bertz CT molecular complexity index is 381. The Kier molecular flexibility index (Phi) is 6.70. The molecule has 1 rings (SSSR count). The quantitative estimate of drug-likeness (QED) is 0.767. The van der Waals surface area contributed by atoms with Crippen LogP contribution in [0.15, 0.2) is 24.3 Å². The van der Waals surface area contributed by atoms with E-state index in [1.807, 2.05) is 0 Å². The second-order valence-corrected chi connectivity index (χ2v) is 6.46. The van der Waals surface area contributed by atoms with E-state index in [1.165, 1.54) is 17.5 Å². The van der Waals surface area contributed by atoms with E-state index in [-0.39, 0.29) is 5.54 Å². The van der Waals surface area contributed by atoms with Gasteiger partial charge in [-0.15, -0.1) is 0 Å². The Morgan fingerprint density at radius 3 is 2.25 bits per heavy atom. The van der Waals surface area contributed by atoms with E-state index in [0.717, 1.165) is 19.5 Å². The van der Waals surface area contributed by atoms with Gasteiger partial charge >= 0.3 is 0 Å². The average Bonchev–Trinajstić information content (AvgIpc) is 2.44. The number of hydrogen-bond acceptors (Lipinski definition) is 2. The van der Waals surface area contributed by atoms with E-state index < -0.39 is 0 Å². The van der Waals surface area contributed by atoms with E-state index in [0.29, 0.717) is 6.04 Å². The maximum absolute atomic E-state index is 3.69. The molecular weight excluding hydrogens is 244 g/mol. The van der Waals surface area contributed by atoms with Gasteiger partial charge in [0.25, 0.3) is 0 Å². The Balaban J connectivity index is 2.81. The summed E-state index contributed by atoms with van der Waals surface area (Å²) in [5.41, 5.74) is 2.96. The van der Waals surface area contributed by atoms with Crippen LogP contribution in [0.25, 0.3) is 0 Å². The van der Waals surface area contributed by atoms with Crippen LogP contribution in [0.5, 0.6) is 0 Å². The van der Waals surface area contributed by atoms with Crippen LogP contribution in [0, 0.1) is 6.92 Å². The van der Waals surface area contributed by atoms with E-state index in [1.54, 1.807) is 0 Å². The first-order valence-corrected chi connectivity index (χ1v) is 7.92. The molecule has 0 aliphatic carbocycles. The van der Waals surface area contributed by atoms with Gasteiger partial charge < -0.3 is 5.32 Å². The second kappa shape index (κ2) is 7.80. The number of aryl methyl sites for hydroxylation is 1. The molecule has 114 valence electrons. The molecular formula is C18H32N2. The molecule has 1 N–H and O–H groups in total. The van der Waals surface area contributed by atoms with Crippen molar-refractivity contribution in [1.82, 2.24) is 10.2 Å². The summed E-state index contributed by atoms with van der Waals surface area (Å²) in [5, 5.41) is 3.69. The monoisotopic (exact) mass is 276 g/mol. The van der Waals surface area contributed by atoms with Crippen LogP contribution in [-0.4, -0.2) is 30.6 Å². The summed E-state index contributed by atoms with van der Waals surface area (Å²) in [6.07, 6.45) is 2.33. The zero-order chi connectivity index (χ0) is 15.2. The van der Waals surface area contributed by atoms with Crippen molar-refractivity contribution < 1.29 is 0 Å². The molecule has 2 heteroatoms. The van der Waals surface area contributed by atoms with Gasteiger partial charge in [0.05, 0.1) is 0 Å². The molecule has 1 atom stereocenters.